The summed E-state index contributed by atoms with van der Waals surface area (Å²) in [6, 6.07) is -0.334. The number of hydrogen-bond donors (Lipinski definition) is 1. The maximum Gasteiger partial charge on any atom is 0.239 e. The highest BCUT2D eigenvalue weighted by molar-refractivity contribution is 5.81. The molecule has 4 heteroatoms. The van der Waals surface area contributed by atoms with E-state index in [1.807, 2.05) is 11.9 Å². The molecule has 0 aliphatic carbocycles. The second-order valence-corrected chi connectivity index (χ2v) is 5.87. The smallest absolute Gasteiger partial charge is 0.239 e. The molecule has 1 aliphatic heterocycles. The Morgan fingerprint density at radius 2 is 2.18 bits per heavy atom. The van der Waals surface area contributed by atoms with Crippen LogP contribution >= 0.6 is 0 Å². The van der Waals surface area contributed by atoms with E-state index in [-0.39, 0.29) is 11.9 Å². The maximum atomic E-state index is 12.0. The van der Waals surface area contributed by atoms with Crippen molar-refractivity contribution >= 4 is 5.91 Å². The van der Waals surface area contributed by atoms with E-state index in [4.69, 9.17) is 5.73 Å². The third-order valence-corrected chi connectivity index (χ3v) is 3.44. The fourth-order valence-corrected chi connectivity index (χ4v) is 2.54. The summed E-state index contributed by atoms with van der Waals surface area (Å²) in [5.41, 5.74) is 5.92. The molecular weight excluding hydrogens is 214 g/mol. The van der Waals surface area contributed by atoms with Gasteiger partial charge >= 0.3 is 0 Å². The largest absolute Gasteiger partial charge is 0.344 e. The fraction of sp³-hybridized carbons (Fsp3) is 0.923. The first-order chi connectivity index (χ1) is 7.90. The third-order valence-electron chi connectivity index (χ3n) is 3.44. The molecule has 17 heavy (non-hydrogen) atoms. The Balaban J connectivity index is 2.36. The molecule has 1 heterocycles. The fourth-order valence-electron chi connectivity index (χ4n) is 2.54. The lowest BCUT2D eigenvalue weighted by Gasteiger charge is -2.25. The van der Waals surface area contributed by atoms with Crippen molar-refractivity contribution in [1.82, 2.24) is 9.80 Å². The van der Waals surface area contributed by atoms with E-state index >= 15 is 0 Å². The summed E-state index contributed by atoms with van der Waals surface area (Å²) in [6.45, 7) is 7.27. The van der Waals surface area contributed by atoms with Gasteiger partial charge in [-0.2, -0.15) is 0 Å². The van der Waals surface area contributed by atoms with E-state index in [0.29, 0.717) is 11.8 Å². The Bertz CT molecular complexity index is 255. The topological polar surface area (TPSA) is 49.6 Å². The van der Waals surface area contributed by atoms with Crippen LogP contribution in [0.4, 0.5) is 0 Å². The summed E-state index contributed by atoms with van der Waals surface area (Å²) in [6.07, 6.45) is 1.96. The zero-order chi connectivity index (χ0) is 13.0. The van der Waals surface area contributed by atoms with E-state index in [9.17, 15) is 4.79 Å². The first kappa shape index (κ1) is 14.5. The van der Waals surface area contributed by atoms with Gasteiger partial charge < -0.3 is 15.5 Å². The Morgan fingerprint density at radius 3 is 2.65 bits per heavy atom. The molecule has 2 N–H and O–H groups in total. The lowest BCUT2D eigenvalue weighted by molar-refractivity contribution is -0.132. The Kier molecular flexibility index (Phi) is 5.40. The molecule has 1 fully saturated rings. The predicted molar refractivity (Wildman–Crippen MR) is 70.7 cm³/mol. The lowest BCUT2D eigenvalue weighted by Crippen LogP contribution is -2.44. The van der Waals surface area contributed by atoms with Gasteiger partial charge in [-0.25, -0.2) is 0 Å². The predicted octanol–water partition coefficient (Wildman–Crippen LogP) is 0.770. The number of carbonyl (C=O) groups is 1. The van der Waals surface area contributed by atoms with Crippen LogP contribution in [0.1, 0.15) is 26.7 Å². The van der Waals surface area contributed by atoms with Crippen LogP contribution in [0.3, 0.4) is 0 Å². The van der Waals surface area contributed by atoms with Crippen molar-refractivity contribution in [2.24, 2.45) is 17.6 Å². The van der Waals surface area contributed by atoms with E-state index < -0.39 is 0 Å². The Labute approximate surface area is 105 Å². The standard InChI is InChI=1S/C13H27N3O/c1-10(2)7-12(14)13(17)16(4)9-11-5-6-15(3)8-11/h10-12H,5-9,14H2,1-4H3/t11?,12-/m1/s1. The summed E-state index contributed by atoms with van der Waals surface area (Å²) in [5.74, 6) is 1.17. The van der Waals surface area contributed by atoms with Gasteiger partial charge in [0.2, 0.25) is 5.91 Å². The van der Waals surface area contributed by atoms with Crippen LogP contribution in [0, 0.1) is 11.8 Å². The zero-order valence-electron chi connectivity index (χ0n) is 11.6. The molecule has 1 aliphatic rings. The van der Waals surface area contributed by atoms with E-state index in [1.165, 1.54) is 6.42 Å². The molecule has 4 nitrogen and oxygen atoms in total. The van der Waals surface area contributed by atoms with Gasteiger partial charge in [-0.1, -0.05) is 13.8 Å². The first-order valence-corrected chi connectivity index (χ1v) is 6.59. The molecule has 0 spiro atoms. The van der Waals surface area contributed by atoms with Crippen LogP contribution in [0.15, 0.2) is 0 Å². The minimum absolute atomic E-state index is 0.0910. The van der Waals surface area contributed by atoms with E-state index in [0.717, 1.165) is 26.1 Å². The van der Waals surface area contributed by atoms with Gasteiger partial charge in [0.1, 0.15) is 0 Å². The molecule has 1 unspecified atom stereocenters. The van der Waals surface area contributed by atoms with Crippen molar-refractivity contribution < 1.29 is 4.79 Å². The molecule has 0 bridgehead atoms. The average molecular weight is 241 g/mol. The summed E-state index contributed by atoms with van der Waals surface area (Å²) in [4.78, 5) is 16.2. The minimum atomic E-state index is -0.334. The number of amides is 1. The Hall–Kier alpha value is -0.610. The highest BCUT2D eigenvalue weighted by atomic mass is 16.2. The van der Waals surface area contributed by atoms with Crippen LogP contribution in [-0.2, 0) is 4.79 Å². The molecule has 1 rings (SSSR count). The first-order valence-electron chi connectivity index (χ1n) is 6.59. The van der Waals surface area contributed by atoms with Crippen LogP contribution in [0.5, 0.6) is 0 Å². The molecule has 1 amide bonds. The molecule has 1 saturated heterocycles. The van der Waals surface area contributed by atoms with Crippen LogP contribution in [0.2, 0.25) is 0 Å². The van der Waals surface area contributed by atoms with Crippen LogP contribution in [-0.4, -0.2) is 55.5 Å². The molecule has 0 radical (unpaired) electrons. The lowest BCUT2D eigenvalue weighted by atomic mass is 10.0. The van der Waals surface area contributed by atoms with Gasteiger partial charge in [0.15, 0.2) is 0 Å². The number of hydrogen-bond acceptors (Lipinski definition) is 3. The molecule has 0 aromatic heterocycles. The zero-order valence-corrected chi connectivity index (χ0v) is 11.6. The number of nitrogens with two attached hydrogens (primary N) is 1. The van der Waals surface area contributed by atoms with Gasteiger partial charge in [-0.3, -0.25) is 4.79 Å². The van der Waals surface area contributed by atoms with Gasteiger partial charge in [0.05, 0.1) is 6.04 Å². The highest BCUT2D eigenvalue weighted by Crippen LogP contribution is 2.16. The molecule has 2 atom stereocenters. The third kappa shape index (κ3) is 4.64. The van der Waals surface area contributed by atoms with Gasteiger partial charge in [0, 0.05) is 20.1 Å². The second-order valence-electron chi connectivity index (χ2n) is 5.87. The van der Waals surface area contributed by atoms with Gasteiger partial charge in [-0.05, 0) is 38.3 Å². The summed E-state index contributed by atoms with van der Waals surface area (Å²) < 4.78 is 0. The molecular formula is C13H27N3O. The molecule has 0 aromatic carbocycles. The quantitative estimate of drug-likeness (QED) is 0.773. The Morgan fingerprint density at radius 1 is 1.53 bits per heavy atom. The SMILES string of the molecule is CC(C)C[C@@H](N)C(=O)N(C)CC1CCN(C)C1. The van der Waals surface area contributed by atoms with Gasteiger partial charge in [0.25, 0.3) is 0 Å². The van der Waals surface area contributed by atoms with Crippen LogP contribution < -0.4 is 5.73 Å². The second kappa shape index (κ2) is 6.36. The van der Waals surface area contributed by atoms with Crippen molar-refractivity contribution in [2.75, 3.05) is 33.7 Å². The number of rotatable bonds is 5. The summed E-state index contributed by atoms with van der Waals surface area (Å²) in [5, 5.41) is 0. The van der Waals surface area contributed by atoms with Crippen molar-refractivity contribution in [1.29, 1.82) is 0 Å². The number of likely N-dealkylation sites (N-methyl/N-ethyl adjacent to an activating group) is 1. The molecule has 0 aromatic rings. The van der Waals surface area contributed by atoms with Crippen molar-refractivity contribution in [3.63, 3.8) is 0 Å². The van der Waals surface area contributed by atoms with E-state index in [1.54, 1.807) is 0 Å². The van der Waals surface area contributed by atoms with Gasteiger partial charge in [-0.15, -0.1) is 0 Å². The minimum Gasteiger partial charge on any atom is -0.344 e. The number of carbonyl (C=O) groups excluding carboxylic acids is 1. The van der Waals surface area contributed by atoms with Crippen LogP contribution in [0.25, 0.3) is 0 Å². The summed E-state index contributed by atoms with van der Waals surface area (Å²) >= 11 is 0. The highest BCUT2D eigenvalue weighted by Gasteiger charge is 2.25. The normalized spacial score (nSPS) is 23.1. The van der Waals surface area contributed by atoms with Crippen molar-refractivity contribution in [3.8, 4) is 0 Å². The van der Waals surface area contributed by atoms with Crippen molar-refractivity contribution in [2.45, 2.75) is 32.7 Å². The number of nitrogens with zero attached hydrogens (tertiary/aromatic N) is 2. The number of likely N-dealkylation sites (tertiary alicyclic amines) is 1. The molecule has 100 valence electrons. The average Bonchev–Trinajstić information content (AvgIpc) is 2.61. The summed E-state index contributed by atoms with van der Waals surface area (Å²) in [7, 11) is 4.01. The monoisotopic (exact) mass is 241 g/mol. The van der Waals surface area contributed by atoms with Crippen molar-refractivity contribution in [3.05, 3.63) is 0 Å². The maximum absolute atomic E-state index is 12.0. The molecule has 0 saturated carbocycles. The van der Waals surface area contributed by atoms with E-state index in [2.05, 4.69) is 25.8 Å².